The van der Waals surface area contributed by atoms with Crippen LogP contribution in [-0.4, -0.2) is 101 Å². The Morgan fingerprint density at radius 3 is 0.932 bits per heavy atom. The van der Waals surface area contributed by atoms with Crippen LogP contribution in [0.25, 0.3) is 0 Å². The highest BCUT2D eigenvalue weighted by atomic mass is 32.2. The molecule has 0 spiro atoms. The molecule has 0 N–H and O–H groups in total. The Kier molecular flexibility index (Phi) is 23.3. The number of thiocarbonyl (C=S) groups is 4. The first kappa shape index (κ1) is 42.2. The van der Waals surface area contributed by atoms with Crippen LogP contribution in [0.5, 0.6) is 0 Å². The summed E-state index contributed by atoms with van der Waals surface area (Å²) in [5.74, 6) is 3.68. The molecule has 12 heteroatoms. The van der Waals surface area contributed by atoms with Crippen molar-refractivity contribution in [3.05, 3.63) is 34.4 Å². The molecule has 1 aromatic rings. The van der Waals surface area contributed by atoms with Crippen LogP contribution in [0.1, 0.15) is 77.6 Å². The molecule has 0 saturated carbocycles. The van der Waals surface area contributed by atoms with E-state index in [-0.39, 0.29) is 0 Å². The molecule has 0 amide bonds. The van der Waals surface area contributed by atoms with Crippen molar-refractivity contribution in [3.63, 3.8) is 0 Å². The van der Waals surface area contributed by atoms with Gasteiger partial charge in [-0.1, -0.05) is 108 Å². The van der Waals surface area contributed by atoms with E-state index >= 15 is 0 Å². The van der Waals surface area contributed by atoms with Gasteiger partial charge in [-0.3, -0.25) is 0 Å². The molecule has 0 aliphatic heterocycles. The van der Waals surface area contributed by atoms with Crippen molar-refractivity contribution in [2.24, 2.45) is 0 Å². The third kappa shape index (κ3) is 14.5. The van der Waals surface area contributed by atoms with Crippen LogP contribution >= 0.6 is 95.9 Å². The number of thioether (sulfide) groups is 4. The van der Waals surface area contributed by atoms with E-state index in [4.69, 9.17) is 48.9 Å². The number of aryl methyl sites for hydroxylation is 2. The molecule has 1 rings (SSSR count). The Labute approximate surface area is 308 Å². The summed E-state index contributed by atoms with van der Waals surface area (Å²) in [6.07, 6.45) is 1.94. The van der Waals surface area contributed by atoms with Gasteiger partial charge in [0, 0.05) is 75.4 Å². The van der Waals surface area contributed by atoms with Gasteiger partial charge in [-0.15, -0.1) is 0 Å². The molecule has 0 heterocycles. The van der Waals surface area contributed by atoms with Crippen LogP contribution in [0.4, 0.5) is 0 Å². The molecular weight excluding hydrogens is 697 g/mol. The van der Waals surface area contributed by atoms with Gasteiger partial charge in [0.05, 0.1) is 0 Å². The quantitative estimate of drug-likeness (QED) is 0.133. The molecule has 4 nitrogen and oxygen atoms in total. The van der Waals surface area contributed by atoms with E-state index in [0.29, 0.717) is 0 Å². The first-order valence-electron chi connectivity index (χ1n) is 15.9. The Hall–Kier alpha value is 0.180. The molecular formula is C32H54N4S8. The molecule has 0 bridgehead atoms. The van der Waals surface area contributed by atoms with Gasteiger partial charge >= 0.3 is 0 Å². The maximum Gasteiger partial charge on any atom is 0.136 e. The third-order valence-corrected chi connectivity index (χ3v) is 13.7. The van der Waals surface area contributed by atoms with Gasteiger partial charge < -0.3 is 19.6 Å². The molecule has 0 aliphatic carbocycles. The van der Waals surface area contributed by atoms with Crippen LogP contribution in [0.2, 0.25) is 0 Å². The van der Waals surface area contributed by atoms with Crippen LogP contribution in [0, 0.1) is 0 Å². The summed E-state index contributed by atoms with van der Waals surface area (Å²) in [4.78, 5) is 9.06. The Morgan fingerprint density at radius 2 is 0.682 bits per heavy atom. The minimum absolute atomic E-state index is 0.874. The summed E-state index contributed by atoms with van der Waals surface area (Å²) in [7, 11) is 0. The van der Waals surface area contributed by atoms with E-state index in [1.165, 1.54) is 22.3 Å². The average molecular weight is 751 g/mol. The van der Waals surface area contributed by atoms with E-state index < -0.39 is 0 Å². The number of hydrogen-bond acceptors (Lipinski definition) is 8. The van der Waals surface area contributed by atoms with Gasteiger partial charge in [-0.2, -0.15) is 0 Å². The van der Waals surface area contributed by atoms with E-state index in [2.05, 4.69) is 87.1 Å². The molecule has 0 saturated heterocycles. The zero-order valence-electron chi connectivity index (χ0n) is 28.1. The molecule has 0 unspecified atom stereocenters. The molecule has 44 heavy (non-hydrogen) atoms. The van der Waals surface area contributed by atoms with E-state index in [9.17, 15) is 0 Å². The SMILES string of the molecule is CCN(CC)C(=S)SCCc1cc(CSC(=S)N(CC)CC)c(CCSC(=S)N(CC)CC)cc1CSC(=S)N(CC)CC. The van der Waals surface area contributed by atoms with Crippen molar-refractivity contribution in [2.75, 3.05) is 63.9 Å². The standard InChI is InChI=1S/C32H54N4S8/c1-9-33(10-2)29(37)41-19-17-25-21-28(24-44-32(40)36(15-7)16-8)26(18-20-42-30(38)34(11-3)12-4)22-27(25)23-43-31(39)35(13-5)14-6/h21-22H,9-20,23-24H2,1-8H3. The largest absolute Gasteiger partial charge is 0.358 e. The second kappa shape index (κ2) is 24.3. The van der Waals surface area contributed by atoms with Gasteiger partial charge in [0.15, 0.2) is 0 Å². The number of nitrogens with zero attached hydrogens (tertiary/aromatic N) is 4. The van der Waals surface area contributed by atoms with Crippen molar-refractivity contribution in [3.8, 4) is 0 Å². The molecule has 0 aliphatic rings. The van der Waals surface area contributed by atoms with Crippen LogP contribution in [0.3, 0.4) is 0 Å². The molecule has 0 atom stereocenters. The van der Waals surface area contributed by atoms with E-state index in [0.717, 1.165) is 105 Å². The number of benzene rings is 1. The fourth-order valence-corrected chi connectivity index (χ4v) is 10.3. The monoisotopic (exact) mass is 750 g/mol. The maximum atomic E-state index is 5.83. The highest BCUT2D eigenvalue weighted by Gasteiger charge is 2.16. The van der Waals surface area contributed by atoms with Crippen molar-refractivity contribution in [1.29, 1.82) is 0 Å². The minimum atomic E-state index is 0.874. The molecule has 0 radical (unpaired) electrons. The molecule has 0 fully saturated rings. The lowest BCUT2D eigenvalue weighted by atomic mass is 9.97. The topological polar surface area (TPSA) is 13.0 Å². The third-order valence-electron chi connectivity index (χ3n) is 7.50. The second-order valence-electron chi connectivity index (χ2n) is 9.92. The Morgan fingerprint density at radius 1 is 0.432 bits per heavy atom. The Balaban J connectivity index is 3.37. The van der Waals surface area contributed by atoms with Gasteiger partial charge in [0.2, 0.25) is 0 Å². The summed E-state index contributed by atoms with van der Waals surface area (Å²) in [5, 5.41) is 0. The van der Waals surface area contributed by atoms with Gasteiger partial charge in [-0.05, 0) is 90.5 Å². The summed E-state index contributed by atoms with van der Waals surface area (Å²) in [6, 6.07) is 4.91. The van der Waals surface area contributed by atoms with E-state index in [1.54, 1.807) is 47.0 Å². The van der Waals surface area contributed by atoms with Gasteiger partial charge in [0.1, 0.15) is 17.3 Å². The van der Waals surface area contributed by atoms with E-state index in [1.807, 2.05) is 0 Å². The minimum Gasteiger partial charge on any atom is -0.358 e. The van der Waals surface area contributed by atoms with Gasteiger partial charge in [0.25, 0.3) is 0 Å². The second-order valence-corrected chi connectivity index (χ2v) is 16.6. The first-order valence-corrected chi connectivity index (χ1v) is 21.5. The summed E-state index contributed by atoms with van der Waals surface area (Å²) in [6.45, 7) is 24.9. The lowest BCUT2D eigenvalue weighted by Gasteiger charge is -2.24. The zero-order valence-corrected chi connectivity index (χ0v) is 34.6. The fourth-order valence-electron chi connectivity index (χ4n) is 4.59. The highest BCUT2D eigenvalue weighted by molar-refractivity contribution is 8.23. The van der Waals surface area contributed by atoms with Gasteiger partial charge in [-0.25, -0.2) is 0 Å². The zero-order chi connectivity index (χ0) is 33.1. The number of rotatable bonds is 18. The molecule has 1 aromatic carbocycles. The Bertz CT molecular complexity index is 954. The maximum absolute atomic E-state index is 5.83. The van der Waals surface area contributed by atoms with Crippen molar-refractivity contribution in [1.82, 2.24) is 19.6 Å². The van der Waals surface area contributed by atoms with Crippen molar-refractivity contribution < 1.29 is 0 Å². The van der Waals surface area contributed by atoms with Crippen LogP contribution in [0.15, 0.2) is 12.1 Å². The summed E-state index contributed by atoms with van der Waals surface area (Å²) in [5.41, 5.74) is 5.55. The lowest BCUT2D eigenvalue weighted by Crippen LogP contribution is -2.27. The first-order chi connectivity index (χ1) is 21.1. The van der Waals surface area contributed by atoms with Crippen LogP contribution < -0.4 is 0 Å². The fraction of sp³-hybridized carbons (Fsp3) is 0.688. The van der Waals surface area contributed by atoms with Crippen LogP contribution in [-0.2, 0) is 24.3 Å². The lowest BCUT2D eigenvalue weighted by molar-refractivity contribution is 0.482. The predicted molar refractivity (Wildman–Crippen MR) is 223 cm³/mol. The van der Waals surface area contributed by atoms with Crippen molar-refractivity contribution >= 4 is 113 Å². The highest BCUT2D eigenvalue weighted by Crippen LogP contribution is 2.29. The predicted octanol–water partition coefficient (Wildman–Crippen LogP) is 9.21. The number of hydrogen-bond donors (Lipinski definition) is 0. The normalized spacial score (nSPS) is 10.9. The molecule has 0 aromatic heterocycles. The summed E-state index contributed by atoms with van der Waals surface area (Å²) >= 11 is 30.3. The van der Waals surface area contributed by atoms with Crippen molar-refractivity contribution in [2.45, 2.75) is 79.7 Å². The summed E-state index contributed by atoms with van der Waals surface area (Å²) < 4.78 is 3.94. The average Bonchev–Trinajstić information content (AvgIpc) is 3.02. The molecule has 250 valence electrons. The smallest absolute Gasteiger partial charge is 0.136 e.